The summed E-state index contributed by atoms with van der Waals surface area (Å²) in [6, 6.07) is 6.41. The molecule has 6 heteroatoms. The van der Waals surface area contributed by atoms with Crippen molar-refractivity contribution in [1.29, 1.82) is 5.26 Å². The molecule has 19 heavy (non-hydrogen) atoms. The lowest BCUT2D eigenvalue weighted by molar-refractivity contribution is -0.139. The van der Waals surface area contributed by atoms with Crippen molar-refractivity contribution in [3.05, 3.63) is 33.8 Å². The van der Waals surface area contributed by atoms with E-state index >= 15 is 0 Å². The summed E-state index contributed by atoms with van der Waals surface area (Å²) < 4.78 is 10.1. The molecule has 1 N–H and O–H groups in total. The molecule has 0 heterocycles. The van der Waals surface area contributed by atoms with Crippen LogP contribution in [-0.2, 0) is 14.3 Å². The van der Waals surface area contributed by atoms with Crippen molar-refractivity contribution in [1.82, 2.24) is 0 Å². The molecule has 0 unspecified atom stereocenters. The van der Waals surface area contributed by atoms with Crippen LogP contribution in [-0.4, -0.2) is 31.4 Å². The lowest BCUT2D eigenvalue weighted by atomic mass is 10.1. The van der Waals surface area contributed by atoms with Crippen LogP contribution in [0.2, 0.25) is 0 Å². The molecule has 1 rings (SSSR count). The highest BCUT2D eigenvalue weighted by molar-refractivity contribution is 9.10. The molecule has 0 aliphatic rings. The molecule has 0 spiro atoms. The second kappa shape index (κ2) is 7.56. The van der Waals surface area contributed by atoms with Gasteiger partial charge in [0.15, 0.2) is 0 Å². The smallest absolute Gasteiger partial charge is 0.348 e. The fraction of sp³-hybridized carbons (Fsp3) is 0.231. The zero-order valence-corrected chi connectivity index (χ0v) is 11.8. The second-order valence-corrected chi connectivity index (χ2v) is 4.36. The van der Waals surface area contributed by atoms with E-state index in [1.54, 1.807) is 18.2 Å². The molecular weight excluding hydrogens is 314 g/mol. The SMILES string of the molecule is COCCOC(=O)/C(C#N)=C\c1ccc(O)c(Br)c1. The molecule has 0 radical (unpaired) electrons. The molecule has 1 aromatic rings. The molecule has 0 saturated carbocycles. The van der Waals surface area contributed by atoms with E-state index in [0.29, 0.717) is 10.0 Å². The zero-order valence-electron chi connectivity index (χ0n) is 10.2. The Morgan fingerprint density at radius 3 is 2.84 bits per heavy atom. The number of carbonyl (C=O) groups excluding carboxylic acids is 1. The number of methoxy groups -OCH3 is 1. The Kier molecular flexibility index (Phi) is 6.06. The van der Waals surface area contributed by atoms with Crippen LogP contribution in [0.3, 0.4) is 0 Å². The largest absolute Gasteiger partial charge is 0.507 e. The summed E-state index contributed by atoms with van der Waals surface area (Å²) in [6.45, 7) is 0.364. The standard InChI is InChI=1S/C13H12BrNO4/c1-18-4-5-19-13(17)10(8-15)6-9-2-3-12(16)11(14)7-9/h2-3,6-7,16H,4-5H2,1H3/b10-6-. The van der Waals surface area contributed by atoms with Crippen LogP contribution < -0.4 is 0 Å². The van der Waals surface area contributed by atoms with Gasteiger partial charge in [-0.25, -0.2) is 4.79 Å². The molecular formula is C13H12BrNO4. The third kappa shape index (κ3) is 4.73. The number of aromatic hydroxyl groups is 1. The molecule has 100 valence electrons. The number of hydrogen-bond donors (Lipinski definition) is 1. The first kappa shape index (κ1) is 15.2. The van der Waals surface area contributed by atoms with Crippen LogP contribution in [0.4, 0.5) is 0 Å². The Morgan fingerprint density at radius 1 is 1.53 bits per heavy atom. The average Bonchev–Trinajstić information content (AvgIpc) is 2.40. The number of phenolic OH excluding ortho intramolecular Hbond substituents is 1. The van der Waals surface area contributed by atoms with E-state index in [1.807, 2.05) is 0 Å². The normalized spacial score (nSPS) is 10.9. The molecule has 0 aromatic heterocycles. The fourth-order valence-corrected chi connectivity index (χ4v) is 1.61. The van der Waals surface area contributed by atoms with E-state index < -0.39 is 5.97 Å². The van der Waals surface area contributed by atoms with Crippen LogP contribution in [0.1, 0.15) is 5.56 Å². The van der Waals surface area contributed by atoms with Crippen LogP contribution in [0.5, 0.6) is 5.75 Å². The third-order valence-corrected chi connectivity index (χ3v) is 2.78. The van der Waals surface area contributed by atoms with Crippen molar-refractivity contribution in [3.8, 4) is 11.8 Å². The first-order valence-electron chi connectivity index (χ1n) is 5.35. The number of ether oxygens (including phenoxy) is 2. The number of nitrogens with zero attached hydrogens (tertiary/aromatic N) is 1. The van der Waals surface area contributed by atoms with E-state index in [-0.39, 0.29) is 24.5 Å². The summed E-state index contributed by atoms with van der Waals surface area (Å²) in [4.78, 5) is 11.6. The molecule has 0 amide bonds. The van der Waals surface area contributed by atoms with Gasteiger partial charge >= 0.3 is 5.97 Å². The van der Waals surface area contributed by atoms with E-state index in [9.17, 15) is 9.90 Å². The van der Waals surface area contributed by atoms with Gasteiger partial charge in [-0.05, 0) is 39.7 Å². The number of benzene rings is 1. The number of halogens is 1. The molecule has 0 fully saturated rings. The average molecular weight is 326 g/mol. The highest BCUT2D eigenvalue weighted by Gasteiger charge is 2.10. The van der Waals surface area contributed by atoms with Gasteiger partial charge in [0.25, 0.3) is 0 Å². The van der Waals surface area contributed by atoms with Gasteiger partial charge in [0, 0.05) is 7.11 Å². The quantitative estimate of drug-likeness (QED) is 0.388. The minimum atomic E-state index is -0.705. The molecule has 1 aromatic carbocycles. The van der Waals surface area contributed by atoms with Crippen molar-refractivity contribution in [2.24, 2.45) is 0 Å². The van der Waals surface area contributed by atoms with Crippen molar-refractivity contribution >= 4 is 28.0 Å². The molecule has 0 bridgehead atoms. The van der Waals surface area contributed by atoms with Gasteiger partial charge in [-0.15, -0.1) is 0 Å². The molecule has 0 aliphatic carbocycles. The number of phenols is 1. The van der Waals surface area contributed by atoms with Crippen molar-refractivity contribution in [2.75, 3.05) is 20.3 Å². The van der Waals surface area contributed by atoms with E-state index in [1.165, 1.54) is 19.3 Å². The maximum absolute atomic E-state index is 11.6. The summed E-state index contributed by atoms with van der Waals surface area (Å²) in [5.41, 5.74) is 0.485. The van der Waals surface area contributed by atoms with Gasteiger partial charge in [-0.3, -0.25) is 0 Å². The minimum absolute atomic E-state index is 0.0818. The molecule has 0 aliphatic heterocycles. The Balaban J connectivity index is 2.84. The highest BCUT2D eigenvalue weighted by Crippen LogP contribution is 2.25. The Morgan fingerprint density at radius 2 is 2.26 bits per heavy atom. The minimum Gasteiger partial charge on any atom is -0.507 e. The maximum atomic E-state index is 11.6. The summed E-state index contributed by atoms with van der Waals surface area (Å²) in [5, 5.41) is 18.3. The first-order valence-corrected chi connectivity index (χ1v) is 6.14. The Bertz CT molecular complexity index is 534. The molecule has 0 saturated heterocycles. The molecule has 5 nitrogen and oxygen atoms in total. The summed E-state index contributed by atoms with van der Waals surface area (Å²) >= 11 is 3.15. The first-order chi connectivity index (χ1) is 9.08. The number of hydrogen-bond acceptors (Lipinski definition) is 5. The zero-order chi connectivity index (χ0) is 14.3. The monoisotopic (exact) mass is 325 g/mol. The summed E-state index contributed by atoms with van der Waals surface area (Å²) in [7, 11) is 1.49. The Labute approximate surface area is 119 Å². The Hall–Kier alpha value is -1.84. The van der Waals surface area contributed by atoms with E-state index in [2.05, 4.69) is 15.9 Å². The van der Waals surface area contributed by atoms with Crippen LogP contribution in [0.15, 0.2) is 28.2 Å². The van der Waals surface area contributed by atoms with Gasteiger partial charge in [0.2, 0.25) is 0 Å². The number of rotatable bonds is 5. The van der Waals surface area contributed by atoms with Gasteiger partial charge in [0.05, 0.1) is 11.1 Å². The second-order valence-electron chi connectivity index (χ2n) is 3.51. The van der Waals surface area contributed by atoms with Gasteiger partial charge in [0.1, 0.15) is 24.0 Å². The summed E-state index contributed by atoms with van der Waals surface area (Å²) in [6.07, 6.45) is 1.39. The number of nitriles is 1. The van der Waals surface area contributed by atoms with Crippen molar-refractivity contribution in [3.63, 3.8) is 0 Å². The van der Waals surface area contributed by atoms with E-state index in [4.69, 9.17) is 14.7 Å². The van der Waals surface area contributed by atoms with Gasteiger partial charge in [-0.2, -0.15) is 5.26 Å². The maximum Gasteiger partial charge on any atom is 0.348 e. The predicted octanol–water partition coefficient (Wildman–Crippen LogP) is 2.25. The topological polar surface area (TPSA) is 79.5 Å². The van der Waals surface area contributed by atoms with Crippen LogP contribution in [0, 0.1) is 11.3 Å². The third-order valence-electron chi connectivity index (χ3n) is 2.14. The van der Waals surface area contributed by atoms with Crippen molar-refractivity contribution in [2.45, 2.75) is 0 Å². The highest BCUT2D eigenvalue weighted by atomic mass is 79.9. The van der Waals surface area contributed by atoms with Crippen molar-refractivity contribution < 1.29 is 19.4 Å². The number of esters is 1. The summed E-state index contributed by atoms with van der Waals surface area (Å²) in [5.74, 6) is -0.623. The molecule has 0 atom stereocenters. The van der Waals surface area contributed by atoms with Gasteiger partial charge in [-0.1, -0.05) is 6.07 Å². The van der Waals surface area contributed by atoms with Gasteiger partial charge < -0.3 is 14.6 Å². The van der Waals surface area contributed by atoms with Crippen LogP contribution in [0.25, 0.3) is 6.08 Å². The fourth-order valence-electron chi connectivity index (χ4n) is 1.21. The lowest BCUT2D eigenvalue weighted by Crippen LogP contribution is -2.11. The lowest BCUT2D eigenvalue weighted by Gasteiger charge is -2.03. The number of carbonyl (C=O) groups is 1. The van der Waals surface area contributed by atoms with Crippen LogP contribution >= 0.6 is 15.9 Å². The van der Waals surface area contributed by atoms with E-state index in [0.717, 1.165) is 0 Å². The predicted molar refractivity (Wildman–Crippen MR) is 72.2 cm³/mol.